The molecule has 1 unspecified atom stereocenters. The highest BCUT2D eigenvalue weighted by Gasteiger charge is 2.29. The Balaban J connectivity index is 2.17. The van der Waals surface area contributed by atoms with Gasteiger partial charge < -0.3 is 24.1 Å². The average molecular weight is 421 g/mol. The third kappa shape index (κ3) is 3.23. The zero-order valence-corrected chi connectivity index (χ0v) is 18.7. The molecule has 31 heavy (non-hydrogen) atoms. The van der Waals surface area contributed by atoms with Gasteiger partial charge in [0.2, 0.25) is 0 Å². The topological polar surface area (TPSA) is 69.5 Å². The molecule has 6 nitrogen and oxygen atoms in total. The summed E-state index contributed by atoms with van der Waals surface area (Å²) in [6.45, 7) is 4.08. The van der Waals surface area contributed by atoms with Crippen LogP contribution in [0, 0.1) is 0 Å². The SMILES string of the molecule is COc1cc2c(c(OC)c1-c1c(O)cc(OC)c3c(OC)cccc13)C(C)=NC(C)C2. The third-order valence-electron chi connectivity index (χ3n) is 5.80. The summed E-state index contributed by atoms with van der Waals surface area (Å²) in [5, 5.41) is 12.7. The fraction of sp³-hybridized carbons (Fsp3) is 0.320. The van der Waals surface area contributed by atoms with Crippen LogP contribution >= 0.6 is 0 Å². The molecule has 162 valence electrons. The second-order valence-corrected chi connectivity index (χ2v) is 7.64. The molecule has 0 fully saturated rings. The Morgan fingerprint density at radius 3 is 2.23 bits per heavy atom. The summed E-state index contributed by atoms with van der Waals surface area (Å²) >= 11 is 0. The summed E-state index contributed by atoms with van der Waals surface area (Å²) in [5.41, 5.74) is 4.24. The number of aromatic hydroxyl groups is 1. The normalized spacial score (nSPS) is 15.3. The molecule has 1 atom stereocenters. The molecular formula is C25H27NO5. The maximum absolute atomic E-state index is 11.1. The van der Waals surface area contributed by atoms with Gasteiger partial charge in [0.25, 0.3) is 0 Å². The lowest BCUT2D eigenvalue weighted by Crippen LogP contribution is -2.18. The van der Waals surface area contributed by atoms with Crippen LogP contribution in [0.1, 0.15) is 25.0 Å². The zero-order valence-electron chi connectivity index (χ0n) is 18.7. The van der Waals surface area contributed by atoms with Crippen LogP contribution in [0.4, 0.5) is 0 Å². The van der Waals surface area contributed by atoms with Gasteiger partial charge in [0.1, 0.15) is 28.7 Å². The van der Waals surface area contributed by atoms with E-state index in [9.17, 15) is 5.11 Å². The van der Waals surface area contributed by atoms with Crippen molar-refractivity contribution in [2.45, 2.75) is 26.3 Å². The first-order chi connectivity index (χ1) is 14.9. The number of ether oxygens (including phenoxy) is 4. The predicted octanol–water partition coefficient (Wildman–Crippen LogP) is 5.00. The molecule has 4 rings (SSSR count). The van der Waals surface area contributed by atoms with E-state index in [-0.39, 0.29) is 11.8 Å². The van der Waals surface area contributed by atoms with Gasteiger partial charge in [-0.05, 0) is 38.0 Å². The van der Waals surface area contributed by atoms with E-state index in [4.69, 9.17) is 23.9 Å². The number of phenols is 1. The van der Waals surface area contributed by atoms with Crippen LogP contribution in [0.25, 0.3) is 21.9 Å². The second-order valence-electron chi connectivity index (χ2n) is 7.64. The molecule has 3 aromatic rings. The molecule has 0 aromatic heterocycles. The lowest BCUT2D eigenvalue weighted by Gasteiger charge is -2.26. The number of aliphatic imine (C=N–C) groups is 1. The fourth-order valence-electron chi connectivity index (χ4n) is 4.60. The van der Waals surface area contributed by atoms with E-state index in [0.29, 0.717) is 34.1 Å². The summed E-state index contributed by atoms with van der Waals surface area (Å²) in [4.78, 5) is 4.76. The van der Waals surface area contributed by atoms with Gasteiger partial charge in [0.15, 0.2) is 0 Å². The Hall–Kier alpha value is -3.41. The maximum atomic E-state index is 11.1. The van der Waals surface area contributed by atoms with Gasteiger partial charge >= 0.3 is 0 Å². The maximum Gasteiger partial charge on any atom is 0.139 e. The number of nitrogens with zero attached hydrogens (tertiary/aromatic N) is 1. The van der Waals surface area contributed by atoms with Crippen molar-refractivity contribution in [2.24, 2.45) is 4.99 Å². The van der Waals surface area contributed by atoms with Crippen molar-refractivity contribution in [1.29, 1.82) is 0 Å². The minimum atomic E-state index is 0.0629. The number of phenolic OH excluding ortho intramolecular Hbond substituents is 1. The van der Waals surface area contributed by atoms with Gasteiger partial charge in [-0.15, -0.1) is 0 Å². The van der Waals surface area contributed by atoms with E-state index in [2.05, 4.69) is 6.92 Å². The number of fused-ring (bicyclic) bond motifs is 2. The molecular weight excluding hydrogens is 394 g/mol. The van der Waals surface area contributed by atoms with Gasteiger partial charge in [-0.3, -0.25) is 4.99 Å². The molecule has 3 aromatic carbocycles. The molecule has 0 saturated carbocycles. The van der Waals surface area contributed by atoms with E-state index < -0.39 is 0 Å². The van der Waals surface area contributed by atoms with E-state index in [1.54, 1.807) is 34.5 Å². The van der Waals surface area contributed by atoms with Crippen LogP contribution in [0.2, 0.25) is 0 Å². The Kier molecular flexibility index (Phi) is 5.39. The Bertz CT molecular complexity index is 1200. The van der Waals surface area contributed by atoms with Gasteiger partial charge in [-0.1, -0.05) is 12.1 Å². The van der Waals surface area contributed by atoms with E-state index in [1.807, 2.05) is 31.2 Å². The number of methoxy groups -OCH3 is 4. The minimum Gasteiger partial charge on any atom is -0.507 e. The molecule has 0 amide bonds. The largest absolute Gasteiger partial charge is 0.507 e. The smallest absolute Gasteiger partial charge is 0.139 e. The van der Waals surface area contributed by atoms with E-state index in [0.717, 1.165) is 34.0 Å². The Morgan fingerprint density at radius 1 is 0.871 bits per heavy atom. The van der Waals surface area contributed by atoms with Crippen LogP contribution < -0.4 is 18.9 Å². The molecule has 0 saturated heterocycles. The number of hydrogen-bond donors (Lipinski definition) is 1. The minimum absolute atomic E-state index is 0.0629. The van der Waals surface area contributed by atoms with Crippen molar-refractivity contribution in [1.82, 2.24) is 0 Å². The molecule has 1 heterocycles. The van der Waals surface area contributed by atoms with Crippen molar-refractivity contribution >= 4 is 16.5 Å². The quantitative estimate of drug-likeness (QED) is 0.628. The molecule has 0 spiro atoms. The van der Waals surface area contributed by atoms with Gasteiger partial charge in [0.05, 0.1) is 45.4 Å². The molecule has 1 aliphatic rings. The molecule has 0 radical (unpaired) electrons. The second kappa shape index (κ2) is 8.02. The fourth-order valence-corrected chi connectivity index (χ4v) is 4.60. The predicted molar refractivity (Wildman–Crippen MR) is 123 cm³/mol. The number of benzene rings is 3. The highest BCUT2D eigenvalue weighted by molar-refractivity contribution is 6.11. The Labute approximate surface area is 182 Å². The molecule has 1 N–H and O–H groups in total. The van der Waals surface area contributed by atoms with Crippen LogP contribution in [-0.4, -0.2) is 45.3 Å². The van der Waals surface area contributed by atoms with Crippen molar-refractivity contribution < 1.29 is 24.1 Å². The van der Waals surface area contributed by atoms with Crippen LogP contribution in [0.3, 0.4) is 0 Å². The lowest BCUT2D eigenvalue weighted by molar-refractivity contribution is 0.393. The van der Waals surface area contributed by atoms with Crippen molar-refractivity contribution in [3.8, 4) is 39.9 Å². The lowest BCUT2D eigenvalue weighted by atomic mass is 9.87. The monoisotopic (exact) mass is 421 g/mol. The first-order valence-corrected chi connectivity index (χ1v) is 10.1. The summed E-state index contributed by atoms with van der Waals surface area (Å²) in [6.07, 6.45) is 0.794. The highest BCUT2D eigenvalue weighted by Crippen LogP contribution is 2.52. The number of rotatable bonds is 5. The Morgan fingerprint density at radius 2 is 1.58 bits per heavy atom. The summed E-state index contributed by atoms with van der Waals surface area (Å²) in [7, 11) is 6.44. The average Bonchev–Trinajstić information content (AvgIpc) is 2.76. The van der Waals surface area contributed by atoms with Crippen molar-refractivity contribution in [2.75, 3.05) is 28.4 Å². The zero-order chi connectivity index (χ0) is 22.3. The standard InChI is InChI=1S/C25H27NO5/c1-13-10-15-11-19(29-4)24(25(31-6)21(15)14(2)26-13)22-16-8-7-9-18(28-3)23(16)20(30-5)12-17(22)27/h7-9,11-13,27H,10H2,1-6H3. The van der Waals surface area contributed by atoms with Gasteiger partial charge in [-0.25, -0.2) is 0 Å². The molecule has 0 aliphatic carbocycles. The van der Waals surface area contributed by atoms with Crippen LogP contribution in [0.15, 0.2) is 35.3 Å². The highest BCUT2D eigenvalue weighted by atomic mass is 16.5. The first-order valence-electron chi connectivity index (χ1n) is 10.1. The number of hydrogen-bond acceptors (Lipinski definition) is 6. The molecule has 1 aliphatic heterocycles. The molecule has 0 bridgehead atoms. The van der Waals surface area contributed by atoms with E-state index in [1.165, 1.54) is 0 Å². The third-order valence-corrected chi connectivity index (χ3v) is 5.80. The first kappa shape index (κ1) is 20.8. The van der Waals surface area contributed by atoms with Gasteiger partial charge in [-0.2, -0.15) is 0 Å². The van der Waals surface area contributed by atoms with Crippen molar-refractivity contribution in [3.63, 3.8) is 0 Å². The van der Waals surface area contributed by atoms with Crippen LogP contribution in [-0.2, 0) is 6.42 Å². The summed E-state index contributed by atoms with van der Waals surface area (Å²) < 4.78 is 22.9. The van der Waals surface area contributed by atoms with E-state index >= 15 is 0 Å². The molecule has 6 heteroatoms. The van der Waals surface area contributed by atoms with Gasteiger partial charge in [0, 0.05) is 28.3 Å². The van der Waals surface area contributed by atoms with Crippen molar-refractivity contribution in [3.05, 3.63) is 41.5 Å². The summed E-state index contributed by atoms with van der Waals surface area (Å²) in [6, 6.07) is 9.49. The summed E-state index contributed by atoms with van der Waals surface area (Å²) in [5.74, 6) is 2.50. The van der Waals surface area contributed by atoms with Crippen LogP contribution in [0.5, 0.6) is 28.7 Å².